The van der Waals surface area contributed by atoms with E-state index in [1.165, 1.54) is 36.4 Å². The first-order valence-corrected chi connectivity index (χ1v) is 14.4. The molecule has 0 saturated carbocycles. The minimum atomic E-state index is -2.39. The second-order valence-electron chi connectivity index (χ2n) is 11.4. The number of halogens is 12. The Hall–Kier alpha value is -5.80. The monoisotopic (exact) mass is 720 g/mol. The van der Waals surface area contributed by atoms with E-state index in [2.05, 4.69) is 19.9 Å². The highest BCUT2D eigenvalue weighted by molar-refractivity contribution is 5.68. The van der Waals surface area contributed by atoms with Crippen LogP contribution in [0.4, 0.5) is 52.7 Å². The molecule has 0 unspecified atom stereocenters. The Bertz CT molecular complexity index is 2170. The van der Waals surface area contributed by atoms with Gasteiger partial charge in [0.2, 0.25) is 23.5 Å². The summed E-state index contributed by atoms with van der Waals surface area (Å²) in [4.78, 5) is 15.7. The largest absolute Gasteiger partial charge is 0.252 e. The average molecular weight is 721 g/mol. The van der Waals surface area contributed by atoms with Crippen molar-refractivity contribution in [3.63, 3.8) is 0 Å². The number of rotatable bonds is 6. The highest BCUT2D eigenvalue weighted by Crippen LogP contribution is 2.36. The molecule has 0 fully saturated rings. The molecule has 0 amide bonds. The summed E-state index contributed by atoms with van der Waals surface area (Å²) >= 11 is 0. The van der Waals surface area contributed by atoms with Gasteiger partial charge in [-0.1, -0.05) is 12.1 Å². The maximum Gasteiger partial charge on any atom is 0.222 e. The molecule has 16 heteroatoms. The third-order valence-corrected chi connectivity index (χ3v) is 7.96. The lowest BCUT2D eigenvalue weighted by Crippen LogP contribution is -2.22. The van der Waals surface area contributed by atoms with E-state index in [9.17, 15) is 43.9 Å². The zero-order chi connectivity index (χ0) is 37.1. The summed E-state index contributed by atoms with van der Waals surface area (Å²) in [6, 6.07) is 12.4. The molecule has 0 bridgehead atoms. The lowest BCUT2D eigenvalue weighted by atomic mass is 9.84. The molecule has 0 atom stereocenters. The molecule has 2 aromatic carbocycles. The molecule has 4 aromatic heterocycles. The van der Waals surface area contributed by atoms with Crippen LogP contribution >= 0.6 is 0 Å². The molecule has 6 aromatic rings. The summed E-state index contributed by atoms with van der Waals surface area (Å²) in [6.07, 6.45) is 0. The number of hydrogen-bond donors (Lipinski definition) is 0. The van der Waals surface area contributed by atoms with Gasteiger partial charge in [-0.25, -0.2) is 53.9 Å². The molecule has 260 valence electrons. The number of benzene rings is 2. The van der Waals surface area contributed by atoms with Crippen molar-refractivity contribution in [3.05, 3.63) is 142 Å². The molecule has 0 saturated heterocycles. The van der Waals surface area contributed by atoms with Crippen molar-refractivity contribution in [1.82, 2.24) is 19.9 Å². The van der Waals surface area contributed by atoms with Crippen molar-refractivity contribution in [2.24, 2.45) is 0 Å². The number of hydrogen-bond acceptors (Lipinski definition) is 4. The van der Waals surface area contributed by atoms with Gasteiger partial charge in [0, 0.05) is 5.41 Å². The van der Waals surface area contributed by atoms with Crippen LogP contribution in [0.15, 0.2) is 60.7 Å². The van der Waals surface area contributed by atoms with Crippen LogP contribution in [0.2, 0.25) is 0 Å². The highest BCUT2D eigenvalue weighted by atomic mass is 19.2. The van der Waals surface area contributed by atoms with Gasteiger partial charge in [0.25, 0.3) is 0 Å². The molecular weight excluding hydrogens is 704 g/mol. The molecule has 0 spiro atoms. The van der Waals surface area contributed by atoms with Crippen LogP contribution in [0.25, 0.3) is 45.0 Å². The highest BCUT2D eigenvalue weighted by Gasteiger charge is 2.31. The van der Waals surface area contributed by atoms with Crippen LogP contribution in [-0.4, -0.2) is 19.9 Å². The average Bonchev–Trinajstić information content (AvgIpc) is 3.12. The molecule has 4 heterocycles. The van der Waals surface area contributed by atoms with Crippen molar-refractivity contribution in [3.8, 4) is 45.0 Å². The summed E-state index contributed by atoms with van der Waals surface area (Å²) in [5.41, 5.74) is -5.91. The van der Waals surface area contributed by atoms with Gasteiger partial charge < -0.3 is 0 Å². The molecule has 0 aliphatic rings. The smallest absolute Gasteiger partial charge is 0.222 e. The van der Waals surface area contributed by atoms with E-state index in [0.29, 0.717) is 0 Å². The maximum absolute atomic E-state index is 15.2. The molecule has 4 nitrogen and oxygen atoms in total. The summed E-state index contributed by atoms with van der Waals surface area (Å²) in [7, 11) is 0. The van der Waals surface area contributed by atoms with Crippen LogP contribution in [0.3, 0.4) is 0 Å². The topological polar surface area (TPSA) is 51.6 Å². The Labute approximate surface area is 279 Å². The second kappa shape index (κ2) is 12.8. The Kier molecular flexibility index (Phi) is 8.81. The molecule has 0 radical (unpaired) electrons. The predicted octanol–water partition coefficient (Wildman–Crippen LogP) is 9.93. The lowest BCUT2D eigenvalue weighted by Gasteiger charge is -2.25. The Morgan fingerprint density at radius 3 is 0.980 bits per heavy atom. The van der Waals surface area contributed by atoms with Gasteiger partial charge in [0.15, 0.2) is 46.5 Å². The van der Waals surface area contributed by atoms with Crippen molar-refractivity contribution >= 4 is 0 Å². The van der Waals surface area contributed by atoms with Crippen LogP contribution in [-0.2, 0) is 5.41 Å². The Balaban J connectivity index is 1.33. The summed E-state index contributed by atoms with van der Waals surface area (Å²) in [5.74, 6) is -25.2. The van der Waals surface area contributed by atoms with Gasteiger partial charge in [-0.05, 0) is 62.4 Å². The fourth-order valence-electron chi connectivity index (χ4n) is 5.19. The van der Waals surface area contributed by atoms with Crippen LogP contribution in [0, 0.1) is 70.1 Å². The molecule has 51 heavy (non-hydrogen) atoms. The van der Waals surface area contributed by atoms with Gasteiger partial charge in [0.05, 0.1) is 56.4 Å². The van der Waals surface area contributed by atoms with E-state index in [-0.39, 0.29) is 33.9 Å². The van der Waals surface area contributed by atoms with E-state index in [0.717, 1.165) is 24.3 Å². The minimum absolute atomic E-state index is 0.0512. The van der Waals surface area contributed by atoms with Gasteiger partial charge in [0.1, 0.15) is 0 Å². The summed E-state index contributed by atoms with van der Waals surface area (Å²) in [5, 5.41) is 0. The molecule has 0 aliphatic heterocycles. The fraction of sp³-hybridized carbons (Fsp3) is 0.0857. The van der Waals surface area contributed by atoms with Crippen molar-refractivity contribution in [2.75, 3.05) is 0 Å². The molecule has 0 aliphatic carbocycles. The Morgan fingerprint density at radius 2 is 0.667 bits per heavy atom. The number of aromatic nitrogens is 4. The zero-order valence-electron chi connectivity index (χ0n) is 25.6. The van der Waals surface area contributed by atoms with Crippen LogP contribution in [0.5, 0.6) is 0 Å². The number of nitrogens with zero attached hydrogens (tertiary/aromatic N) is 4. The second-order valence-corrected chi connectivity index (χ2v) is 11.4. The van der Waals surface area contributed by atoms with Gasteiger partial charge in [-0.2, -0.15) is 8.78 Å². The lowest BCUT2D eigenvalue weighted by molar-refractivity contribution is 0.381. The van der Waals surface area contributed by atoms with Gasteiger partial charge in [-0.15, -0.1) is 0 Å². The summed E-state index contributed by atoms with van der Waals surface area (Å²) in [6.45, 7) is 3.29. The van der Waals surface area contributed by atoms with Crippen molar-refractivity contribution in [2.45, 2.75) is 19.3 Å². The fourth-order valence-corrected chi connectivity index (χ4v) is 5.19. The SMILES string of the molecule is CC(C)(c1cccc(-c2ccc(-c3c(F)c(F)c(F)c(F)c3F)nc2F)n1)c1cccc(-c2ccc(-c3c(F)c(F)c(F)c(F)c3F)nc2F)n1. The summed E-state index contributed by atoms with van der Waals surface area (Å²) < 4.78 is 170. The number of pyridine rings is 4. The first-order valence-electron chi connectivity index (χ1n) is 14.4. The van der Waals surface area contributed by atoms with Gasteiger partial charge in [-0.3, -0.25) is 9.97 Å². The standard InChI is InChI=1S/C35H16F12N4/c1-35(2,19-7-3-5-15(48-19)13-9-11-17(50-33(13)46)21-23(36)27(40)31(44)28(41)24(21)37)20-8-4-6-16(49-20)14-10-12-18(51-34(14)47)22-25(38)29(42)32(45)30(43)26(22)39/h3-12H,1-2H3. The normalized spacial score (nSPS) is 11.7. The van der Waals surface area contributed by atoms with Crippen LogP contribution in [0.1, 0.15) is 25.2 Å². The third kappa shape index (κ3) is 5.83. The van der Waals surface area contributed by atoms with E-state index in [4.69, 9.17) is 0 Å². The first kappa shape index (κ1) is 35.0. The van der Waals surface area contributed by atoms with E-state index < -0.39 is 98.0 Å². The molecule has 0 N–H and O–H groups in total. The zero-order valence-corrected chi connectivity index (χ0v) is 25.6. The van der Waals surface area contributed by atoms with Crippen molar-refractivity contribution < 1.29 is 52.7 Å². The minimum Gasteiger partial charge on any atom is -0.252 e. The van der Waals surface area contributed by atoms with Gasteiger partial charge >= 0.3 is 0 Å². The first-order chi connectivity index (χ1) is 24.0. The predicted molar refractivity (Wildman–Crippen MR) is 157 cm³/mol. The molecular formula is C35H16F12N4. The van der Waals surface area contributed by atoms with E-state index in [1.807, 2.05) is 0 Å². The van der Waals surface area contributed by atoms with E-state index in [1.54, 1.807) is 13.8 Å². The third-order valence-electron chi connectivity index (χ3n) is 7.96. The quantitative estimate of drug-likeness (QED) is 0.0745. The van der Waals surface area contributed by atoms with Crippen LogP contribution < -0.4 is 0 Å². The van der Waals surface area contributed by atoms with E-state index >= 15 is 8.78 Å². The Morgan fingerprint density at radius 1 is 0.353 bits per heavy atom. The van der Waals surface area contributed by atoms with Crippen molar-refractivity contribution in [1.29, 1.82) is 0 Å². The molecule has 6 rings (SSSR count). The maximum atomic E-state index is 15.2.